The van der Waals surface area contributed by atoms with E-state index in [1.54, 1.807) is 18.1 Å². The predicted molar refractivity (Wildman–Crippen MR) is 119 cm³/mol. The molecule has 2 N–H and O–H groups in total. The van der Waals surface area contributed by atoms with E-state index >= 15 is 0 Å². The lowest BCUT2D eigenvalue weighted by Crippen LogP contribution is -2.37. The van der Waals surface area contributed by atoms with Gasteiger partial charge in [0.25, 0.3) is 0 Å². The summed E-state index contributed by atoms with van der Waals surface area (Å²) in [7, 11) is 1.79. The summed E-state index contributed by atoms with van der Waals surface area (Å²) in [4.78, 5) is 12.9. The summed E-state index contributed by atoms with van der Waals surface area (Å²) in [5.41, 5.74) is 4.39. The van der Waals surface area contributed by atoms with Gasteiger partial charge in [-0.05, 0) is 43.2 Å². The quantitative estimate of drug-likeness (QED) is 0.282. The number of aromatic nitrogens is 5. The Morgan fingerprint density at radius 3 is 2.67 bits per heavy atom. The highest BCUT2D eigenvalue weighted by molar-refractivity contribution is 5.79. The van der Waals surface area contributed by atoms with Crippen molar-refractivity contribution in [3.05, 3.63) is 72.6 Å². The van der Waals surface area contributed by atoms with Crippen LogP contribution in [0.2, 0.25) is 0 Å². The van der Waals surface area contributed by atoms with Gasteiger partial charge in [-0.25, -0.2) is 14.6 Å². The monoisotopic (exact) mass is 402 g/mol. The van der Waals surface area contributed by atoms with Gasteiger partial charge in [-0.1, -0.05) is 24.3 Å². The van der Waals surface area contributed by atoms with Crippen molar-refractivity contribution in [3.63, 3.8) is 0 Å². The van der Waals surface area contributed by atoms with E-state index < -0.39 is 0 Å². The molecule has 0 bridgehead atoms. The van der Waals surface area contributed by atoms with Gasteiger partial charge in [0.1, 0.15) is 18.5 Å². The smallest absolute Gasteiger partial charge is 0.191 e. The van der Waals surface area contributed by atoms with E-state index in [2.05, 4.69) is 72.5 Å². The third-order valence-electron chi connectivity index (χ3n) is 5.00. The number of aryl methyl sites for hydroxylation is 2. The molecule has 0 aliphatic carbocycles. The Bertz CT molecular complexity index is 1110. The number of para-hydroxylation sites is 2. The van der Waals surface area contributed by atoms with Gasteiger partial charge in [0.2, 0.25) is 0 Å². The zero-order chi connectivity index (χ0) is 20.8. The molecule has 2 aromatic carbocycles. The maximum absolute atomic E-state index is 4.63. The summed E-state index contributed by atoms with van der Waals surface area (Å²) in [5.74, 6) is 1.84. The van der Waals surface area contributed by atoms with Crippen LogP contribution in [0, 0.1) is 6.92 Å². The Kier molecular flexibility index (Phi) is 6.03. The lowest BCUT2D eigenvalue weighted by atomic mass is 10.2. The van der Waals surface area contributed by atoms with Crippen LogP contribution in [0.15, 0.2) is 66.2 Å². The molecule has 154 valence electrons. The molecule has 4 aromatic rings. The third kappa shape index (κ3) is 4.48. The molecule has 0 aliphatic heterocycles. The molecule has 0 radical (unpaired) electrons. The van der Waals surface area contributed by atoms with Crippen LogP contribution < -0.4 is 10.6 Å². The number of nitrogens with zero attached hydrogens (tertiary/aromatic N) is 6. The number of guanidine groups is 1. The van der Waals surface area contributed by atoms with Gasteiger partial charge in [-0.2, -0.15) is 5.10 Å². The summed E-state index contributed by atoms with van der Waals surface area (Å²) in [5, 5.41) is 10.9. The van der Waals surface area contributed by atoms with Crippen LogP contribution in [0.4, 0.5) is 0 Å². The van der Waals surface area contributed by atoms with Crippen molar-refractivity contribution < 1.29 is 0 Å². The number of aliphatic imine (C=N–C) groups is 1. The highest BCUT2D eigenvalue weighted by atomic mass is 15.3. The van der Waals surface area contributed by atoms with Crippen LogP contribution in [0.25, 0.3) is 16.7 Å². The molecule has 0 fully saturated rings. The van der Waals surface area contributed by atoms with Gasteiger partial charge in [0, 0.05) is 26.7 Å². The minimum atomic E-state index is 0.697. The van der Waals surface area contributed by atoms with E-state index in [9.17, 15) is 0 Å². The average Bonchev–Trinajstić information content (AvgIpc) is 3.42. The van der Waals surface area contributed by atoms with Crippen molar-refractivity contribution in [1.29, 1.82) is 0 Å². The SMILES string of the molecule is CN=C(NCCCn1c(C)nc2ccccc21)NCc1ccc(-n2cncn2)cc1. The molecule has 2 aromatic heterocycles. The van der Waals surface area contributed by atoms with Gasteiger partial charge < -0.3 is 15.2 Å². The summed E-state index contributed by atoms with van der Waals surface area (Å²) >= 11 is 0. The molecule has 0 saturated heterocycles. The molecule has 4 rings (SSSR count). The molecular weight excluding hydrogens is 376 g/mol. The third-order valence-corrected chi connectivity index (χ3v) is 5.00. The maximum Gasteiger partial charge on any atom is 0.191 e. The standard InChI is InChI=1S/C22H26N8/c1-17-28-20-6-3-4-7-21(20)29(17)13-5-12-25-22(23-2)26-14-18-8-10-19(11-9-18)30-16-24-15-27-30/h3-4,6-11,15-16H,5,12-14H2,1-2H3,(H2,23,25,26). The molecule has 8 nitrogen and oxygen atoms in total. The van der Waals surface area contributed by atoms with Gasteiger partial charge in [0.15, 0.2) is 5.96 Å². The number of benzene rings is 2. The van der Waals surface area contributed by atoms with Crippen molar-refractivity contribution >= 4 is 17.0 Å². The van der Waals surface area contributed by atoms with Gasteiger partial charge in [0.05, 0.1) is 16.7 Å². The zero-order valence-electron chi connectivity index (χ0n) is 17.3. The molecule has 0 spiro atoms. The number of nitrogens with one attached hydrogen (secondary N) is 2. The first-order valence-corrected chi connectivity index (χ1v) is 10.0. The predicted octanol–water partition coefficient (Wildman–Crippen LogP) is 2.68. The first kappa shape index (κ1) is 19.6. The van der Waals surface area contributed by atoms with Crippen molar-refractivity contribution in [1.82, 2.24) is 34.9 Å². The fraction of sp³-hybridized carbons (Fsp3) is 0.273. The van der Waals surface area contributed by atoms with Crippen LogP contribution in [0.1, 0.15) is 17.8 Å². The Labute approximate surface area is 175 Å². The summed E-state index contributed by atoms with van der Waals surface area (Å²) in [6, 6.07) is 16.5. The van der Waals surface area contributed by atoms with Crippen LogP contribution in [0.5, 0.6) is 0 Å². The summed E-state index contributed by atoms with van der Waals surface area (Å²) in [6.45, 7) is 4.50. The van der Waals surface area contributed by atoms with Crippen LogP contribution in [-0.2, 0) is 13.1 Å². The highest BCUT2D eigenvalue weighted by Crippen LogP contribution is 2.15. The first-order valence-electron chi connectivity index (χ1n) is 10.0. The number of hydrogen-bond acceptors (Lipinski definition) is 4. The van der Waals surface area contributed by atoms with E-state index in [0.717, 1.165) is 42.5 Å². The number of hydrogen-bond donors (Lipinski definition) is 2. The van der Waals surface area contributed by atoms with Crippen molar-refractivity contribution in [2.24, 2.45) is 4.99 Å². The van der Waals surface area contributed by atoms with E-state index in [0.29, 0.717) is 6.54 Å². The zero-order valence-corrected chi connectivity index (χ0v) is 17.3. The lowest BCUT2D eigenvalue weighted by Gasteiger charge is -2.13. The maximum atomic E-state index is 4.63. The van der Waals surface area contributed by atoms with E-state index in [-0.39, 0.29) is 0 Å². The lowest BCUT2D eigenvalue weighted by molar-refractivity contribution is 0.624. The summed E-state index contributed by atoms with van der Waals surface area (Å²) < 4.78 is 4.01. The highest BCUT2D eigenvalue weighted by Gasteiger charge is 2.06. The summed E-state index contributed by atoms with van der Waals surface area (Å²) in [6.07, 6.45) is 4.20. The molecule has 0 unspecified atom stereocenters. The van der Waals surface area contributed by atoms with Gasteiger partial charge in [-0.3, -0.25) is 4.99 Å². The molecule has 2 heterocycles. The molecule has 8 heteroatoms. The normalized spacial score (nSPS) is 11.7. The van der Waals surface area contributed by atoms with Crippen LogP contribution >= 0.6 is 0 Å². The van der Waals surface area contributed by atoms with E-state index in [1.165, 1.54) is 17.4 Å². The number of fused-ring (bicyclic) bond motifs is 1. The van der Waals surface area contributed by atoms with Crippen LogP contribution in [-0.4, -0.2) is 43.9 Å². The Morgan fingerprint density at radius 2 is 1.90 bits per heavy atom. The number of imidazole rings is 1. The van der Waals surface area contributed by atoms with E-state index in [4.69, 9.17) is 0 Å². The molecular formula is C22H26N8. The minimum absolute atomic E-state index is 0.697. The average molecular weight is 403 g/mol. The molecule has 0 atom stereocenters. The Morgan fingerprint density at radius 1 is 1.07 bits per heavy atom. The Hall–Kier alpha value is -3.68. The molecule has 0 aliphatic rings. The second-order valence-electron chi connectivity index (χ2n) is 7.01. The van der Waals surface area contributed by atoms with Gasteiger partial charge in [-0.15, -0.1) is 0 Å². The van der Waals surface area contributed by atoms with E-state index in [1.807, 2.05) is 18.2 Å². The first-order chi connectivity index (χ1) is 14.7. The molecule has 30 heavy (non-hydrogen) atoms. The molecule has 0 saturated carbocycles. The fourth-order valence-corrected chi connectivity index (χ4v) is 3.44. The minimum Gasteiger partial charge on any atom is -0.356 e. The Balaban J connectivity index is 1.24. The van der Waals surface area contributed by atoms with Crippen molar-refractivity contribution in [2.45, 2.75) is 26.4 Å². The van der Waals surface area contributed by atoms with Crippen LogP contribution in [0.3, 0.4) is 0 Å². The number of rotatable bonds is 7. The fourth-order valence-electron chi connectivity index (χ4n) is 3.44. The largest absolute Gasteiger partial charge is 0.356 e. The van der Waals surface area contributed by atoms with Crippen molar-refractivity contribution in [3.8, 4) is 5.69 Å². The molecule has 0 amide bonds. The second-order valence-corrected chi connectivity index (χ2v) is 7.01. The topological polar surface area (TPSA) is 85.0 Å². The van der Waals surface area contributed by atoms with Crippen molar-refractivity contribution in [2.75, 3.05) is 13.6 Å². The second kappa shape index (κ2) is 9.21. The van der Waals surface area contributed by atoms with Gasteiger partial charge >= 0.3 is 0 Å².